The van der Waals surface area contributed by atoms with Gasteiger partial charge >= 0.3 is 6.18 Å². The van der Waals surface area contributed by atoms with E-state index < -0.39 is 17.8 Å². The first-order chi connectivity index (χ1) is 13.4. The predicted molar refractivity (Wildman–Crippen MR) is 101 cm³/mol. The lowest BCUT2D eigenvalue weighted by molar-refractivity contribution is -0.144. The molecule has 0 unspecified atom stereocenters. The van der Waals surface area contributed by atoms with Crippen molar-refractivity contribution in [3.8, 4) is 17.1 Å². The molecule has 8 heteroatoms. The molecular weight excluding hydrogens is 390 g/mol. The molecule has 3 nitrogen and oxygen atoms in total. The van der Waals surface area contributed by atoms with Crippen LogP contribution in [0.3, 0.4) is 0 Å². The minimum absolute atomic E-state index is 0.00520. The third-order valence-electron chi connectivity index (χ3n) is 4.25. The van der Waals surface area contributed by atoms with Crippen LogP contribution in [-0.2, 0) is 6.18 Å². The summed E-state index contributed by atoms with van der Waals surface area (Å²) in [6.45, 7) is 0. The number of thioether (sulfide) groups is 1. The van der Waals surface area contributed by atoms with Crippen LogP contribution in [0.15, 0.2) is 65.6 Å². The Kier molecular flexibility index (Phi) is 4.58. The van der Waals surface area contributed by atoms with Crippen molar-refractivity contribution in [3.63, 3.8) is 0 Å². The molecule has 0 saturated carbocycles. The van der Waals surface area contributed by atoms with Crippen LogP contribution < -0.4 is 0 Å². The molecule has 1 heterocycles. The lowest BCUT2D eigenvalue weighted by Gasteiger charge is -2.08. The Morgan fingerprint density at radius 2 is 1.68 bits per heavy atom. The van der Waals surface area contributed by atoms with Gasteiger partial charge in [-0.1, -0.05) is 36.4 Å². The van der Waals surface area contributed by atoms with Crippen molar-refractivity contribution < 1.29 is 17.6 Å². The van der Waals surface area contributed by atoms with Crippen LogP contribution in [0.4, 0.5) is 17.6 Å². The first-order valence-corrected chi connectivity index (χ1v) is 9.46. The quantitative estimate of drug-likeness (QED) is 0.312. The Bertz CT molecular complexity index is 1170. The Morgan fingerprint density at radius 1 is 0.929 bits per heavy atom. The molecule has 28 heavy (non-hydrogen) atoms. The van der Waals surface area contributed by atoms with Crippen LogP contribution in [0.2, 0.25) is 0 Å². The molecule has 0 spiro atoms. The van der Waals surface area contributed by atoms with E-state index >= 15 is 0 Å². The van der Waals surface area contributed by atoms with Crippen molar-refractivity contribution in [2.24, 2.45) is 0 Å². The summed E-state index contributed by atoms with van der Waals surface area (Å²) < 4.78 is 55.0. The predicted octanol–water partition coefficient (Wildman–Crippen LogP) is 5.97. The molecule has 0 bridgehead atoms. The van der Waals surface area contributed by atoms with Crippen LogP contribution in [0.5, 0.6) is 0 Å². The molecule has 0 fully saturated rings. The highest BCUT2D eigenvalue weighted by Crippen LogP contribution is 2.32. The van der Waals surface area contributed by atoms with E-state index in [1.165, 1.54) is 23.9 Å². The Hall–Kier alpha value is -2.87. The SMILES string of the molecule is CSc1ccc(-n2nc(C(F)(F)F)nc2-c2ccc3ccccc3c2)cc1F. The van der Waals surface area contributed by atoms with E-state index in [0.29, 0.717) is 10.5 Å². The number of benzene rings is 3. The Labute approximate surface area is 162 Å². The maximum absolute atomic E-state index is 14.2. The number of rotatable bonds is 3. The van der Waals surface area contributed by atoms with Gasteiger partial charge in [0.15, 0.2) is 5.82 Å². The summed E-state index contributed by atoms with van der Waals surface area (Å²) in [6.07, 6.45) is -3.00. The van der Waals surface area contributed by atoms with Gasteiger partial charge in [-0.25, -0.2) is 14.1 Å². The lowest BCUT2D eigenvalue weighted by Crippen LogP contribution is -2.08. The maximum atomic E-state index is 14.2. The molecule has 0 saturated heterocycles. The van der Waals surface area contributed by atoms with Gasteiger partial charge in [0.1, 0.15) is 5.82 Å². The van der Waals surface area contributed by atoms with Gasteiger partial charge in [-0.05, 0) is 35.2 Å². The molecule has 0 radical (unpaired) electrons. The van der Waals surface area contributed by atoms with Crippen molar-refractivity contribution >= 4 is 22.5 Å². The highest BCUT2D eigenvalue weighted by molar-refractivity contribution is 7.98. The summed E-state index contributed by atoms with van der Waals surface area (Å²) in [5.41, 5.74) is 0.623. The van der Waals surface area contributed by atoms with Crippen LogP contribution in [0.25, 0.3) is 27.8 Å². The van der Waals surface area contributed by atoms with E-state index in [1.54, 1.807) is 24.5 Å². The van der Waals surface area contributed by atoms with Crippen LogP contribution >= 0.6 is 11.8 Å². The summed E-state index contributed by atoms with van der Waals surface area (Å²) in [7, 11) is 0. The first-order valence-electron chi connectivity index (χ1n) is 8.24. The van der Waals surface area contributed by atoms with Crippen LogP contribution in [0, 0.1) is 5.82 Å². The second-order valence-corrected chi connectivity index (χ2v) is 6.90. The average Bonchev–Trinajstić information content (AvgIpc) is 3.13. The van der Waals surface area contributed by atoms with Crippen molar-refractivity contribution in [3.05, 3.63) is 72.3 Å². The number of hydrogen-bond acceptors (Lipinski definition) is 3. The number of aromatic nitrogens is 3. The first kappa shape index (κ1) is 18.5. The van der Waals surface area contributed by atoms with Crippen molar-refractivity contribution in [2.45, 2.75) is 11.1 Å². The third kappa shape index (κ3) is 3.35. The number of halogens is 4. The zero-order valence-corrected chi connectivity index (χ0v) is 15.4. The molecule has 3 aromatic carbocycles. The molecule has 142 valence electrons. The second-order valence-electron chi connectivity index (χ2n) is 6.05. The molecule has 1 aromatic heterocycles. The number of alkyl halides is 3. The van der Waals surface area contributed by atoms with Crippen molar-refractivity contribution in [1.29, 1.82) is 0 Å². The van der Waals surface area contributed by atoms with Gasteiger partial charge in [0.2, 0.25) is 0 Å². The fourth-order valence-electron chi connectivity index (χ4n) is 2.91. The van der Waals surface area contributed by atoms with Gasteiger partial charge in [-0.15, -0.1) is 16.9 Å². The molecule has 0 atom stereocenters. The molecule has 0 amide bonds. The van der Waals surface area contributed by atoms with Gasteiger partial charge in [0, 0.05) is 16.5 Å². The number of hydrogen-bond donors (Lipinski definition) is 0. The van der Waals surface area contributed by atoms with E-state index in [0.717, 1.165) is 21.5 Å². The van der Waals surface area contributed by atoms with Gasteiger partial charge in [-0.3, -0.25) is 0 Å². The zero-order chi connectivity index (χ0) is 19.9. The summed E-state index contributed by atoms with van der Waals surface area (Å²) in [4.78, 5) is 4.10. The largest absolute Gasteiger partial charge is 0.453 e. The monoisotopic (exact) mass is 403 g/mol. The van der Waals surface area contributed by atoms with E-state index in [-0.39, 0.29) is 11.5 Å². The van der Waals surface area contributed by atoms with Crippen molar-refractivity contribution in [1.82, 2.24) is 14.8 Å². The highest BCUT2D eigenvalue weighted by Gasteiger charge is 2.37. The zero-order valence-electron chi connectivity index (χ0n) is 14.5. The van der Waals surface area contributed by atoms with E-state index in [1.807, 2.05) is 24.3 Å². The fourth-order valence-corrected chi connectivity index (χ4v) is 3.37. The fraction of sp³-hybridized carbons (Fsp3) is 0.100. The minimum atomic E-state index is -4.71. The van der Waals surface area contributed by atoms with Crippen LogP contribution in [0.1, 0.15) is 5.82 Å². The summed E-state index contributed by atoms with van der Waals surface area (Å²) in [5, 5.41) is 5.41. The maximum Gasteiger partial charge on any atom is 0.453 e. The molecule has 4 rings (SSSR count). The highest BCUT2D eigenvalue weighted by atomic mass is 32.2. The van der Waals surface area contributed by atoms with Crippen LogP contribution in [-0.4, -0.2) is 21.0 Å². The number of nitrogens with zero attached hydrogens (tertiary/aromatic N) is 3. The van der Waals surface area contributed by atoms with E-state index in [9.17, 15) is 17.6 Å². The van der Waals surface area contributed by atoms with E-state index in [2.05, 4.69) is 10.1 Å². The average molecular weight is 403 g/mol. The third-order valence-corrected chi connectivity index (χ3v) is 5.02. The summed E-state index contributed by atoms with van der Waals surface area (Å²) in [5.74, 6) is -1.81. The summed E-state index contributed by atoms with van der Waals surface area (Å²) in [6, 6.07) is 16.9. The molecule has 0 aliphatic carbocycles. The normalized spacial score (nSPS) is 11.9. The molecular formula is C20H13F4N3S. The number of fused-ring (bicyclic) bond motifs is 1. The molecule has 4 aromatic rings. The molecule has 0 N–H and O–H groups in total. The second kappa shape index (κ2) is 6.94. The molecule has 0 aliphatic heterocycles. The van der Waals surface area contributed by atoms with Gasteiger partial charge in [0.25, 0.3) is 5.82 Å². The van der Waals surface area contributed by atoms with Gasteiger partial charge < -0.3 is 0 Å². The Balaban J connectivity index is 1.92. The topological polar surface area (TPSA) is 30.7 Å². The summed E-state index contributed by atoms with van der Waals surface area (Å²) >= 11 is 1.21. The van der Waals surface area contributed by atoms with Gasteiger partial charge in [0.05, 0.1) is 5.69 Å². The Morgan fingerprint density at radius 3 is 2.36 bits per heavy atom. The van der Waals surface area contributed by atoms with Crippen molar-refractivity contribution in [2.75, 3.05) is 6.26 Å². The smallest absolute Gasteiger partial charge is 0.213 e. The molecule has 0 aliphatic rings. The van der Waals surface area contributed by atoms with Gasteiger partial charge in [-0.2, -0.15) is 13.2 Å². The minimum Gasteiger partial charge on any atom is -0.213 e. The van der Waals surface area contributed by atoms with E-state index in [4.69, 9.17) is 0 Å². The lowest BCUT2D eigenvalue weighted by atomic mass is 10.1. The standard InChI is InChI=1S/C20H13F4N3S/c1-28-17-9-8-15(11-16(17)21)27-18(25-19(26-27)20(22,23)24)14-7-6-12-4-2-3-5-13(12)10-14/h2-11H,1H3.